The second-order valence-corrected chi connectivity index (χ2v) is 4.63. The average Bonchev–Trinajstić information content (AvgIpc) is 2.66. The maximum Gasteiger partial charge on any atom is 0.0937 e. The molecular weight excluding hydrogens is 204 g/mol. The quantitative estimate of drug-likeness (QED) is 0.591. The molecule has 0 aromatic carbocycles. The van der Waals surface area contributed by atoms with Crippen LogP contribution in [-0.2, 0) is 11.8 Å². The molecule has 0 amide bonds. The van der Waals surface area contributed by atoms with Gasteiger partial charge in [-0.3, -0.25) is 10.5 Å². The molecule has 5 nitrogen and oxygen atoms in total. The fourth-order valence-corrected chi connectivity index (χ4v) is 2.34. The van der Waals surface area contributed by atoms with Crippen LogP contribution in [0.5, 0.6) is 0 Å². The average molecular weight is 224 g/mol. The molecule has 1 aromatic rings. The van der Waals surface area contributed by atoms with E-state index in [4.69, 9.17) is 10.6 Å². The molecule has 1 fully saturated rings. The Morgan fingerprint density at radius 2 is 2.44 bits per heavy atom. The van der Waals surface area contributed by atoms with Crippen LogP contribution in [0.1, 0.15) is 37.9 Å². The summed E-state index contributed by atoms with van der Waals surface area (Å²) in [6, 6.07) is 1.93. The maximum atomic E-state index is 5.89. The van der Waals surface area contributed by atoms with Gasteiger partial charge in [-0.2, -0.15) is 5.10 Å². The van der Waals surface area contributed by atoms with Crippen molar-refractivity contribution in [2.45, 2.75) is 37.8 Å². The lowest BCUT2D eigenvalue weighted by Crippen LogP contribution is -2.48. The third-order valence-corrected chi connectivity index (χ3v) is 3.31. The highest BCUT2D eigenvalue weighted by Crippen LogP contribution is 2.35. The molecule has 1 aliphatic heterocycles. The first-order valence-electron chi connectivity index (χ1n) is 5.75. The summed E-state index contributed by atoms with van der Waals surface area (Å²) in [6.45, 7) is 2.91. The molecule has 0 bridgehead atoms. The van der Waals surface area contributed by atoms with Crippen LogP contribution in [0.4, 0.5) is 0 Å². The molecule has 0 aliphatic carbocycles. The number of hydrogen-bond donors (Lipinski definition) is 2. The van der Waals surface area contributed by atoms with Gasteiger partial charge in [0.25, 0.3) is 0 Å². The first kappa shape index (κ1) is 11.6. The van der Waals surface area contributed by atoms with Crippen molar-refractivity contribution in [1.82, 2.24) is 15.2 Å². The van der Waals surface area contributed by atoms with E-state index < -0.39 is 0 Å². The second kappa shape index (κ2) is 4.53. The Bertz CT molecular complexity index is 344. The minimum Gasteiger partial charge on any atom is -0.373 e. The molecule has 16 heavy (non-hydrogen) atoms. The molecule has 90 valence electrons. The molecule has 0 spiro atoms. The standard InChI is InChI=1S/C11H20N4O/c1-11(6-3-4-8-16-11)10(13-12)9-5-7-15(2)14-9/h5,7,10,13H,3-4,6,8,12H2,1-2H3. The van der Waals surface area contributed by atoms with Gasteiger partial charge in [-0.1, -0.05) is 0 Å². The van der Waals surface area contributed by atoms with E-state index in [1.807, 2.05) is 19.3 Å². The summed E-state index contributed by atoms with van der Waals surface area (Å²) in [5, 5.41) is 4.40. The summed E-state index contributed by atoms with van der Waals surface area (Å²) in [7, 11) is 1.90. The number of hydrazine groups is 1. The molecule has 2 atom stereocenters. The van der Waals surface area contributed by atoms with Crippen molar-refractivity contribution >= 4 is 0 Å². The van der Waals surface area contributed by atoms with Crippen molar-refractivity contribution < 1.29 is 4.74 Å². The topological polar surface area (TPSA) is 65.1 Å². The van der Waals surface area contributed by atoms with Crippen LogP contribution in [-0.4, -0.2) is 22.0 Å². The van der Waals surface area contributed by atoms with E-state index in [9.17, 15) is 0 Å². The highest BCUT2D eigenvalue weighted by atomic mass is 16.5. The summed E-state index contributed by atoms with van der Waals surface area (Å²) < 4.78 is 7.67. The summed E-state index contributed by atoms with van der Waals surface area (Å²) in [4.78, 5) is 0. The molecule has 0 saturated carbocycles. The molecule has 1 aromatic heterocycles. The van der Waals surface area contributed by atoms with E-state index in [-0.39, 0.29) is 11.6 Å². The van der Waals surface area contributed by atoms with Crippen LogP contribution in [0.3, 0.4) is 0 Å². The summed E-state index contributed by atoms with van der Waals surface area (Å²) in [5.41, 5.74) is 3.53. The Morgan fingerprint density at radius 1 is 1.62 bits per heavy atom. The van der Waals surface area contributed by atoms with Gasteiger partial charge in [0.15, 0.2) is 0 Å². The third-order valence-electron chi connectivity index (χ3n) is 3.31. The maximum absolute atomic E-state index is 5.89. The fraction of sp³-hybridized carbons (Fsp3) is 0.727. The Labute approximate surface area is 95.9 Å². The van der Waals surface area contributed by atoms with Crippen molar-refractivity contribution in [3.05, 3.63) is 18.0 Å². The van der Waals surface area contributed by atoms with Crippen LogP contribution < -0.4 is 11.3 Å². The number of rotatable bonds is 3. The number of nitrogens with zero attached hydrogens (tertiary/aromatic N) is 2. The summed E-state index contributed by atoms with van der Waals surface area (Å²) >= 11 is 0. The molecule has 2 unspecified atom stereocenters. The van der Waals surface area contributed by atoms with E-state index in [0.717, 1.165) is 25.1 Å². The lowest BCUT2D eigenvalue weighted by molar-refractivity contribution is -0.0907. The van der Waals surface area contributed by atoms with E-state index in [2.05, 4.69) is 17.4 Å². The normalized spacial score (nSPS) is 27.9. The van der Waals surface area contributed by atoms with Crippen LogP contribution >= 0.6 is 0 Å². The van der Waals surface area contributed by atoms with Gasteiger partial charge in [0, 0.05) is 19.9 Å². The van der Waals surface area contributed by atoms with Gasteiger partial charge < -0.3 is 4.74 Å². The van der Waals surface area contributed by atoms with E-state index in [1.165, 1.54) is 6.42 Å². The predicted octanol–water partition coefficient (Wildman–Crippen LogP) is 0.884. The molecular formula is C11H20N4O. The van der Waals surface area contributed by atoms with Gasteiger partial charge in [0.1, 0.15) is 0 Å². The molecule has 1 saturated heterocycles. The molecule has 0 radical (unpaired) electrons. The number of nitrogens with two attached hydrogens (primary N) is 1. The minimum atomic E-state index is -0.249. The van der Waals surface area contributed by atoms with Gasteiger partial charge in [0.2, 0.25) is 0 Å². The minimum absolute atomic E-state index is 0.0472. The first-order valence-corrected chi connectivity index (χ1v) is 5.75. The third kappa shape index (κ3) is 2.11. The Balaban J connectivity index is 2.20. The Morgan fingerprint density at radius 3 is 2.94 bits per heavy atom. The highest BCUT2D eigenvalue weighted by molar-refractivity contribution is 5.11. The number of nitrogens with one attached hydrogen (secondary N) is 1. The van der Waals surface area contributed by atoms with E-state index in [1.54, 1.807) is 4.68 Å². The number of ether oxygens (including phenoxy) is 1. The van der Waals surface area contributed by atoms with Crippen LogP contribution in [0.2, 0.25) is 0 Å². The van der Waals surface area contributed by atoms with Crippen LogP contribution in [0, 0.1) is 0 Å². The van der Waals surface area contributed by atoms with Crippen molar-refractivity contribution in [2.24, 2.45) is 12.9 Å². The van der Waals surface area contributed by atoms with Crippen LogP contribution in [0.25, 0.3) is 0 Å². The van der Waals surface area contributed by atoms with Gasteiger partial charge >= 0.3 is 0 Å². The lowest BCUT2D eigenvalue weighted by Gasteiger charge is -2.39. The zero-order chi connectivity index (χ0) is 11.6. The van der Waals surface area contributed by atoms with Crippen molar-refractivity contribution in [3.63, 3.8) is 0 Å². The zero-order valence-electron chi connectivity index (χ0n) is 9.94. The monoisotopic (exact) mass is 224 g/mol. The van der Waals surface area contributed by atoms with E-state index >= 15 is 0 Å². The number of aromatic nitrogens is 2. The van der Waals surface area contributed by atoms with Crippen molar-refractivity contribution in [1.29, 1.82) is 0 Å². The molecule has 5 heteroatoms. The predicted molar refractivity (Wildman–Crippen MR) is 61.5 cm³/mol. The smallest absolute Gasteiger partial charge is 0.0937 e. The first-order chi connectivity index (χ1) is 7.65. The SMILES string of the molecule is Cn1ccc(C(NN)C2(C)CCCCO2)n1. The molecule has 2 rings (SSSR count). The van der Waals surface area contributed by atoms with Crippen LogP contribution in [0.15, 0.2) is 12.3 Å². The Hall–Kier alpha value is -0.910. The largest absolute Gasteiger partial charge is 0.373 e. The molecule has 2 heterocycles. The van der Waals surface area contributed by atoms with Gasteiger partial charge in [0.05, 0.1) is 17.3 Å². The van der Waals surface area contributed by atoms with Gasteiger partial charge in [-0.05, 0) is 32.3 Å². The fourth-order valence-electron chi connectivity index (χ4n) is 2.34. The van der Waals surface area contributed by atoms with Gasteiger partial charge in [-0.25, -0.2) is 5.43 Å². The zero-order valence-corrected chi connectivity index (χ0v) is 9.94. The van der Waals surface area contributed by atoms with Gasteiger partial charge in [-0.15, -0.1) is 0 Å². The summed E-state index contributed by atoms with van der Waals surface area (Å²) in [6.07, 6.45) is 5.25. The highest BCUT2D eigenvalue weighted by Gasteiger charge is 2.38. The second-order valence-electron chi connectivity index (χ2n) is 4.63. The number of hydrogen-bond acceptors (Lipinski definition) is 4. The number of aryl methyl sites for hydroxylation is 1. The summed E-state index contributed by atoms with van der Waals surface area (Å²) in [5.74, 6) is 5.65. The Kier molecular flexibility index (Phi) is 3.28. The lowest BCUT2D eigenvalue weighted by atomic mass is 9.87. The van der Waals surface area contributed by atoms with Crippen molar-refractivity contribution in [2.75, 3.05) is 6.61 Å². The van der Waals surface area contributed by atoms with E-state index in [0.29, 0.717) is 0 Å². The molecule has 3 N–H and O–H groups in total. The molecule has 1 aliphatic rings. The van der Waals surface area contributed by atoms with Crippen molar-refractivity contribution in [3.8, 4) is 0 Å².